The van der Waals surface area contributed by atoms with E-state index in [2.05, 4.69) is 19.1 Å². The summed E-state index contributed by atoms with van der Waals surface area (Å²) in [5, 5.41) is 31.0. The van der Waals surface area contributed by atoms with E-state index in [9.17, 15) is 20.1 Å². The second-order valence-electron chi connectivity index (χ2n) is 8.95. The lowest BCUT2D eigenvalue weighted by Gasteiger charge is -2.23. The maximum Gasteiger partial charge on any atom is 0.305 e. The van der Waals surface area contributed by atoms with Gasteiger partial charge in [-0.3, -0.25) is 4.79 Å². The molecule has 0 bridgehead atoms. The summed E-state index contributed by atoms with van der Waals surface area (Å²) in [5.41, 5.74) is 0. The molecular formula is C25H46O5. The second-order valence-corrected chi connectivity index (χ2v) is 8.95. The van der Waals surface area contributed by atoms with Gasteiger partial charge in [-0.15, -0.1) is 0 Å². The van der Waals surface area contributed by atoms with Crippen LogP contribution in [-0.2, 0) is 9.53 Å². The number of aliphatic hydroxyl groups is 3. The molecule has 0 aliphatic heterocycles. The molecular weight excluding hydrogens is 380 g/mol. The van der Waals surface area contributed by atoms with Gasteiger partial charge in [0.1, 0.15) is 0 Å². The summed E-state index contributed by atoms with van der Waals surface area (Å²) in [4.78, 5) is 11.5. The Balaban J connectivity index is 2.28. The quantitative estimate of drug-likeness (QED) is 0.175. The van der Waals surface area contributed by atoms with Crippen LogP contribution in [0.1, 0.15) is 104 Å². The van der Waals surface area contributed by atoms with Crippen molar-refractivity contribution in [3.05, 3.63) is 12.2 Å². The van der Waals surface area contributed by atoms with Crippen molar-refractivity contribution in [3.8, 4) is 0 Å². The van der Waals surface area contributed by atoms with Gasteiger partial charge in [0.05, 0.1) is 24.9 Å². The topological polar surface area (TPSA) is 87.0 Å². The minimum absolute atomic E-state index is 0.0440. The molecule has 5 heteroatoms. The molecule has 0 radical (unpaired) electrons. The van der Waals surface area contributed by atoms with Crippen LogP contribution in [-0.4, -0.2) is 46.2 Å². The first-order chi connectivity index (χ1) is 14.5. The van der Waals surface area contributed by atoms with E-state index in [0.717, 1.165) is 44.9 Å². The minimum atomic E-state index is -0.483. The number of carbonyl (C=O) groups excluding carboxylic acids is 1. The van der Waals surface area contributed by atoms with Gasteiger partial charge in [-0.05, 0) is 63.2 Å². The number of carbonyl (C=O) groups is 1. The fourth-order valence-corrected chi connectivity index (χ4v) is 4.44. The van der Waals surface area contributed by atoms with Crippen LogP contribution in [0.25, 0.3) is 0 Å². The molecule has 0 amide bonds. The zero-order valence-electron chi connectivity index (χ0n) is 19.3. The van der Waals surface area contributed by atoms with Crippen LogP contribution < -0.4 is 0 Å². The van der Waals surface area contributed by atoms with Crippen LogP contribution in [0.4, 0.5) is 0 Å². The van der Waals surface area contributed by atoms with E-state index in [1.165, 1.54) is 25.7 Å². The van der Waals surface area contributed by atoms with Crippen LogP contribution >= 0.6 is 0 Å². The van der Waals surface area contributed by atoms with E-state index in [4.69, 9.17) is 4.74 Å². The molecule has 30 heavy (non-hydrogen) atoms. The Hall–Kier alpha value is -0.910. The minimum Gasteiger partial charge on any atom is -0.466 e. The maximum absolute atomic E-state index is 11.5. The van der Waals surface area contributed by atoms with Crippen LogP contribution in [0.2, 0.25) is 0 Å². The standard InChI is InChI=1S/C25H46O5/c1-3-5-6-7-10-13-20(26)16-17-22-21(23(27)19-24(22)28)14-11-8-9-12-15-25(29)30-18-4-2/h8,11,20-24,26-28H,3-7,9-10,12-19H2,1-2H3/b11-8-/t20-,21+,22+,23-,24+/m0/s1. The van der Waals surface area contributed by atoms with Gasteiger partial charge in [0.2, 0.25) is 0 Å². The number of hydrogen-bond donors (Lipinski definition) is 3. The lowest BCUT2D eigenvalue weighted by Crippen LogP contribution is -2.23. The molecule has 1 aliphatic carbocycles. The van der Waals surface area contributed by atoms with Gasteiger partial charge in [-0.1, -0.05) is 58.1 Å². The lowest BCUT2D eigenvalue weighted by atomic mass is 9.85. The Morgan fingerprint density at radius 3 is 2.43 bits per heavy atom. The van der Waals surface area contributed by atoms with Gasteiger partial charge in [-0.2, -0.15) is 0 Å². The van der Waals surface area contributed by atoms with E-state index < -0.39 is 12.2 Å². The number of rotatable bonds is 17. The van der Waals surface area contributed by atoms with Gasteiger partial charge in [0.15, 0.2) is 0 Å². The first-order valence-electron chi connectivity index (χ1n) is 12.3. The van der Waals surface area contributed by atoms with E-state index in [0.29, 0.717) is 25.9 Å². The highest BCUT2D eigenvalue weighted by Crippen LogP contribution is 2.38. The molecule has 0 aromatic carbocycles. The van der Waals surface area contributed by atoms with Crippen molar-refractivity contribution in [1.82, 2.24) is 0 Å². The summed E-state index contributed by atoms with van der Waals surface area (Å²) in [6.07, 6.45) is 15.2. The highest BCUT2D eigenvalue weighted by molar-refractivity contribution is 5.69. The molecule has 1 rings (SSSR count). The number of allylic oxidation sites excluding steroid dienone is 2. The third kappa shape index (κ3) is 11.5. The summed E-state index contributed by atoms with van der Waals surface area (Å²) >= 11 is 0. The number of esters is 1. The Morgan fingerprint density at radius 1 is 0.967 bits per heavy atom. The zero-order chi connectivity index (χ0) is 22.2. The Labute approximate surface area is 183 Å². The third-order valence-electron chi connectivity index (χ3n) is 6.29. The molecule has 1 aliphatic rings. The van der Waals surface area contributed by atoms with Crippen molar-refractivity contribution in [3.63, 3.8) is 0 Å². The first kappa shape index (κ1) is 27.1. The molecule has 1 saturated carbocycles. The molecule has 3 N–H and O–H groups in total. The highest BCUT2D eigenvalue weighted by Gasteiger charge is 2.40. The average Bonchev–Trinajstić information content (AvgIpc) is 2.99. The fraction of sp³-hybridized carbons (Fsp3) is 0.880. The molecule has 0 heterocycles. The number of unbranched alkanes of at least 4 members (excludes halogenated alkanes) is 5. The summed E-state index contributed by atoms with van der Waals surface area (Å²) < 4.78 is 5.06. The molecule has 0 saturated heterocycles. The third-order valence-corrected chi connectivity index (χ3v) is 6.29. The number of aliphatic hydroxyl groups excluding tert-OH is 3. The van der Waals surface area contributed by atoms with E-state index in [1.54, 1.807) is 0 Å². The lowest BCUT2D eigenvalue weighted by molar-refractivity contribution is -0.143. The predicted octanol–water partition coefficient (Wildman–Crippen LogP) is 4.92. The molecule has 0 aromatic heterocycles. The molecule has 1 fully saturated rings. The first-order valence-corrected chi connectivity index (χ1v) is 12.3. The molecule has 176 valence electrons. The van der Waals surface area contributed by atoms with E-state index in [-0.39, 0.29) is 23.9 Å². The molecule has 5 atom stereocenters. The summed E-state index contributed by atoms with van der Waals surface area (Å²) in [6.45, 7) is 4.67. The van der Waals surface area contributed by atoms with Gasteiger partial charge in [0, 0.05) is 6.42 Å². The zero-order valence-corrected chi connectivity index (χ0v) is 19.3. The molecule has 0 spiro atoms. The van der Waals surface area contributed by atoms with Crippen LogP contribution in [0.3, 0.4) is 0 Å². The summed E-state index contributed by atoms with van der Waals surface area (Å²) in [6, 6.07) is 0. The average molecular weight is 427 g/mol. The number of hydrogen-bond acceptors (Lipinski definition) is 5. The smallest absolute Gasteiger partial charge is 0.305 e. The maximum atomic E-state index is 11.5. The van der Waals surface area contributed by atoms with Crippen molar-refractivity contribution in [2.45, 2.75) is 122 Å². The van der Waals surface area contributed by atoms with Gasteiger partial charge in [0.25, 0.3) is 0 Å². The van der Waals surface area contributed by atoms with Crippen LogP contribution in [0, 0.1) is 11.8 Å². The number of ether oxygens (including phenoxy) is 1. The van der Waals surface area contributed by atoms with Crippen LogP contribution in [0.15, 0.2) is 12.2 Å². The Morgan fingerprint density at radius 2 is 1.70 bits per heavy atom. The molecule has 0 unspecified atom stereocenters. The molecule has 0 aromatic rings. The van der Waals surface area contributed by atoms with Crippen molar-refractivity contribution in [2.24, 2.45) is 11.8 Å². The fourth-order valence-electron chi connectivity index (χ4n) is 4.44. The Bertz CT molecular complexity index is 464. The van der Waals surface area contributed by atoms with Gasteiger partial charge >= 0.3 is 5.97 Å². The van der Waals surface area contributed by atoms with Gasteiger partial charge < -0.3 is 20.1 Å². The highest BCUT2D eigenvalue weighted by atomic mass is 16.5. The Kier molecular flexibility index (Phi) is 15.1. The predicted molar refractivity (Wildman–Crippen MR) is 121 cm³/mol. The van der Waals surface area contributed by atoms with E-state index in [1.807, 2.05) is 6.92 Å². The van der Waals surface area contributed by atoms with Crippen molar-refractivity contribution in [2.75, 3.05) is 6.61 Å². The van der Waals surface area contributed by atoms with Crippen LogP contribution in [0.5, 0.6) is 0 Å². The summed E-state index contributed by atoms with van der Waals surface area (Å²) in [7, 11) is 0. The van der Waals surface area contributed by atoms with Crippen molar-refractivity contribution >= 4 is 5.97 Å². The summed E-state index contributed by atoms with van der Waals surface area (Å²) in [5.74, 6) is -0.0468. The normalized spacial score (nSPS) is 25.1. The second kappa shape index (κ2) is 16.7. The largest absolute Gasteiger partial charge is 0.466 e. The monoisotopic (exact) mass is 426 g/mol. The van der Waals surface area contributed by atoms with Gasteiger partial charge in [-0.25, -0.2) is 0 Å². The SMILES string of the molecule is CCCCCCC[C@H](O)CC[C@@H]1[C@@H](C/C=C\CCCC(=O)OCCC)[C@@H](O)C[C@H]1O. The van der Waals surface area contributed by atoms with Crippen molar-refractivity contribution in [1.29, 1.82) is 0 Å². The van der Waals surface area contributed by atoms with Crippen molar-refractivity contribution < 1.29 is 24.9 Å². The molecule has 5 nitrogen and oxygen atoms in total. The van der Waals surface area contributed by atoms with E-state index >= 15 is 0 Å².